The van der Waals surface area contributed by atoms with Crippen molar-refractivity contribution in [1.82, 2.24) is 0 Å². The Morgan fingerprint density at radius 1 is 0.964 bits per heavy atom. The number of cyclic esters (lactones) is 1. The molecular weight excluding hydrogens is 350 g/mol. The number of carbonyl (C=O) groups is 2. The van der Waals surface area contributed by atoms with Gasteiger partial charge in [0, 0.05) is 17.7 Å². The summed E-state index contributed by atoms with van der Waals surface area (Å²) in [6, 6.07) is 20.8. The van der Waals surface area contributed by atoms with Crippen molar-refractivity contribution in [3.63, 3.8) is 0 Å². The number of ether oxygens (including phenoxy) is 1. The van der Waals surface area contributed by atoms with Crippen molar-refractivity contribution in [2.75, 3.05) is 5.32 Å². The van der Waals surface area contributed by atoms with Crippen LogP contribution in [0.1, 0.15) is 49.1 Å². The van der Waals surface area contributed by atoms with Crippen LogP contribution in [0.25, 0.3) is 0 Å². The van der Waals surface area contributed by atoms with Crippen LogP contribution in [-0.2, 0) is 11.2 Å². The van der Waals surface area contributed by atoms with E-state index in [1.807, 2.05) is 62.4 Å². The van der Waals surface area contributed by atoms with Crippen LogP contribution in [0.3, 0.4) is 0 Å². The first-order chi connectivity index (χ1) is 13.5. The monoisotopic (exact) mass is 371 g/mol. The van der Waals surface area contributed by atoms with E-state index in [2.05, 4.69) is 5.32 Å². The first-order valence-corrected chi connectivity index (χ1v) is 9.28. The summed E-state index contributed by atoms with van der Waals surface area (Å²) in [5.74, 6) is -0.545. The SMILES string of the molecule is Cc1ccc([C@@H]2Cc3cc(C(=O)Nc4cccc(C)c4)ccc3C(=O)O2)cc1. The van der Waals surface area contributed by atoms with Gasteiger partial charge >= 0.3 is 5.97 Å². The molecule has 1 amide bonds. The number of hydrogen-bond donors (Lipinski definition) is 1. The molecule has 1 aliphatic rings. The standard InChI is InChI=1S/C24H21NO3/c1-15-6-8-17(9-7-15)22-14-19-13-18(10-11-21(19)24(27)28-22)23(26)25-20-5-3-4-16(2)12-20/h3-13,22H,14H2,1-2H3,(H,25,26)/t22-/m0/s1. The summed E-state index contributed by atoms with van der Waals surface area (Å²) in [7, 11) is 0. The molecule has 0 spiro atoms. The molecule has 4 heteroatoms. The average molecular weight is 371 g/mol. The fraction of sp³-hybridized carbons (Fsp3) is 0.167. The minimum Gasteiger partial charge on any atom is -0.454 e. The first kappa shape index (κ1) is 18.0. The van der Waals surface area contributed by atoms with E-state index < -0.39 is 0 Å². The van der Waals surface area contributed by atoms with E-state index in [-0.39, 0.29) is 18.0 Å². The zero-order valence-electron chi connectivity index (χ0n) is 15.9. The van der Waals surface area contributed by atoms with Gasteiger partial charge in [-0.2, -0.15) is 0 Å². The molecule has 0 saturated carbocycles. The topological polar surface area (TPSA) is 55.4 Å². The van der Waals surface area contributed by atoms with Crippen LogP contribution in [0.5, 0.6) is 0 Å². The van der Waals surface area contributed by atoms with Crippen LogP contribution in [0.2, 0.25) is 0 Å². The normalized spacial score (nSPS) is 15.5. The van der Waals surface area contributed by atoms with Crippen LogP contribution < -0.4 is 5.32 Å². The lowest BCUT2D eigenvalue weighted by Gasteiger charge is -2.25. The number of anilines is 1. The Morgan fingerprint density at radius 2 is 1.75 bits per heavy atom. The molecule has 0 aliphatic carbocycles. The fourth-order valence-corrected chi connectivity index (χ4v) is 3.43. The van der Waals surface area contributed by atoms with Crippen molar-refractivity contribution in [2.45, 2.75) is 26.4 Å². The van der Waals surface area contributed by atoms with Gasteiger partial charge in [-0.15, -0.1) is 0 Å². The summed E-state index contributed by atoms with van der Waals surface area (Å²) in [6.45, 7) is 4.00. The maximum absolute atomic E-state index is 12.7. The number of esters is 1. The molecule has 3 aromatic rings. The molecule has 28 heavy (non-hydrogen) atoms. The average Bonchev–Trinajstić information content (AvgIpc) is 2.68. The van der Waals surface area contributed by atoms with Crippen LogP contribution in [0.15, 0.2) is 66.7 Å². The smallest absolute Gasteiger partial charge is 0.339 e. The molecule has 1 N–H and O–H groups in total. The highest BCUT2D eigenvalue weighted by molar-refractivity contribution is 6.05. The maximum Gasteiger partial charge on any atom is 0.339 e. The number of amides is 1. The molecule has 0 radical (unpaired) electrons. The molecule has 1 heterocycles. The van der Waals surface area contributed by atoms with E-state index in [9.17, 15) is 9.59 Å². The van der Waals surface area contributed by atoms with Gasteiger partial charge in [0.05, 0.1) is 5.56 Å². The third-order valence-corrected chi connectivity index (χ3v) is 4.97. The summed E-state index contributed by atoms with van der Waals surface area (Å²) in [5.41, 5.74) is 5.82. The lowest BCUT2D eigenvalue weighted by Crippen LogP contribution is -2.23. The van der Waals surface area contributed by atoms with Crippen molar-refractivity contribution in [2.24, 2.45) is 0 Å². The van der Waals surface area contributed by atoms with Gasteiger partial charge in [0.1, 0.15) is 6.10 Å². The number of hydrogen-bond acceptors (Lipinski definition) is 3. The quantitative estimate of drug-likeness (QED) is 0.659. The number of benzene rings is 3. The molecule has 140 valence electrons. The summed E-state index contributed by atoms with van der Waals surface area (Å²) >= 11 is 0. The van der Waals surface area contributed by atoms with Gasteiger partial charge in [-0.05, 0) is 60.9 Å². The Bertz CT molecular complexity index is 1050. The second kappa shape index (κ2) is 7.31. The Hall–Kier alpha value is -3.40. The molecule has 1 aliphatic heterocycles. The summed E-state index contributed by atoms with van der Waals surface area (Å²) in [4.78, 5) is 25.1. The lowest BCUT2D eigenvalue weighted by atomic mass is 9.92. The van der Waals surface area contributed by atoms with Gasteiger partial charge in [0.2, 0.25) is 0 Å². The van der Waals surface area contributed by atoms with Gasteiger partial charge in [-0.1, -0.05) is 42.0 Å². The zero-order chi connectivity index (χ0) is 19.7. The number of carbonyl (C=O) groups excluding carboxylic acids is 2. The number of rotatable bonds is 3. The Kier molecular flexibility index (Phi) is 4.70. The lowest BCUT2D eigenvalue weighted by molar-refractivity contribution is 0.0252. The molecule has 3 aromatic carbocycles. The van der Waals surface area contributed by atoms with Crippen LogP contribution in [0.4, 0.5) is 5.69 Å². The van der Waals surface area contributed by atoms with Crippen molar-refractivity contribution in [3.05, 3.63) is 100 Å². The van der Waals surface area contributed by atoms with Crippen LogP contribution in [-0.4, -0.2) is 11.9 Å². The minimum absolute atomic E-state index is 0.195. The first-order valence-electron chi connectivity index (χ1n) is 9.28. The highest BCUT2D eigenvalue weighted by atomic mass is 16.5. The summed E-state index contributed by atoms with van der Waals surface area (Å²) in [6.07, 6.45) is 0.214. The van der Waals surface area contributed by atoms with E-state index in [0.717, 1.165) is 27.9 Å². The maximum atomic E-state index is 12.7. The Balaban J connectivity index is 1.58. The van der Waals surface area contributed by atoms with Crippen molar-refractivity contribution in [3.8, 4) is 0 Å². The molecular formula is C24H21NO3. The molecule has 4 rings (SSSR count). The van der Waals surface area contributed by atoms with Crippen LogP contribution in [0, 0.1) is 13.8 Å². The number of nitrogens with one attached hydrogen (secondary N) is 1. The third-order valence-electron chi connectivity index (χ3n) is 4.97. The molecule has 0 aromatic heterocycles. The second-order valence-corrected chi connectivity index (χ2v) is 7.20. The predicted octanol–water partition coefficient (Wildman–Crippen LogP) is 5.01. The van der Waals surface area contributed by atoms with E-state index in [0.29, 0.717) is 17.5 Å². The largest absolute Gasteiger partial charge is 0.454 e. The van der Waals surface area contributed by atoms with E-state index in [1.165, 1.54) is 0 Å². The van der Waals surface area contributed by atoms with Gasteiger partial charge in [-0.3, -0.25) is 4.79 Å². The zero-order valence-corrected chi connectivity index (χ0v) is 15.9. The Labute approximate surface area is 164 Å². The van der Waals surface area contributed by atoms with Crippen molar-refractivity contribution in [1.29, 1.82) is 0 Å². The van der Waals surface area contributed by atoms with E-state index in [1.54, 1.807) is 18.2 Å². The third kappa shape index (κ3) is 3.67. The van der Waals surface area contributed by atoms with Gasteiger partial charge < -0.3 is 10.1 Å². The van der Waals surface area contributed by atoms with E-state index >= 15 is 0 Å². The van der Waals surface area contributed by atoms with Gasteiger partial charge in [0.15, 0.2) is 0 Å². The second-order valence-electron chi connectivity index (χ2n) is 7.20. The number of fused-ring (bicyclic) bond motifs is 1. The molecule has 0 fully saturated rings. The predicted molar refractivity (Wildman–Crippen MR) is 109 cm³/mol. The van der Waals surface area contributed by atoms with E-state index in [4.69, 9.17) is 4.74 Å². The molecule has 0 saturated heterocycles. The fourth-order valence-electron chi connectivity index (χ4n) is 3.43. The summed E-state index contributed by atoms with van der Waals surface area (Å²) < 4.78 is 5.61. The highest BCUT2D eigenvalue weighted by Gasteiger charge is 2.28. The van der Waals surface area contributed by atoms with Gasteiger partial charge in [-0.25, -0.2) is 4.79 Å². The molecule has 0 unspecified atom stereocenters. The number of aryl methyl sites for hydroxylation is 2. The van der Waals surface area contributed by atoms with Gasteiger partial charge in [0.25, 0.3) is 5.91 Å². The van der Waals surface area contributed by atoms with Crippen molar-refractivity contribution >= 4 is 17.6 Å². The summed E-state index contributed by atoms with van der Waals surface area (Å²) in [5, 5.41) is 2.91. The highest BCUT2D eigenvalue weighted by Crippen LogP contribution is 2.31. The van der Waals surface area contributed by atoms with Crippen LogP contribution >= 0.6 is 0 Å². The molecule has 1 atom stereocenters. The Morgan fingerprint density at radius 3 is 2.50 bits per heavy atom. The molecule has 4 nitrogen and oxygen atoms in total. The van der Waals surface area contributed by atoms with Crippen molar-refractivity contribution < 1.29 is 14.3 Å². The molecule has 0 bridgehead atoms. The minimum atomic E-state index is -0.350.